The van der Waals surface area contributed by atoms with Gasteiger partial charge in [-0.25, -0.2) is 9.78 Å². The predicted molar refractivity (Wildman–Crippen MR) is 78.1 cm³/mol. The van der Waals surface area contributed by atoms with Crippen molar-refractivity contribution in [2.45, 2.75) is 0 Å². The molecule has 1 N–H and O–H groups in total. The summed E-state index contributed by atoms with van der Waals surface area (Å²) in [5.74, 6) is -0.344. The topological polar surface area (TPSA) is 81.8 Å². The van der Waals surface area contributed by atoms with E-state index in [0.717, 1.165) is 11.0 Å². The average molecular weight is 283 g/mol. The van der Waals surface area contributed by atoms with Crippen LogP contribution in [0.4, 0.5) is 5.69 Å². The van der Waals surface area contributed by atoms with E-state index < -0.39 is 0 Å². The van der Waals surface area contributed by atoms with Gasteiger partial charge in [0.15, 0.2) is 0 Å². The van der Waals surface area contributed by atoms with Crippen molar-refractivity contribution in [3.05, 3.63) is 53.0 Å². The summed E-state index contributed by atoms with van der Waals surface area (Å²) in [5, 5.41) is 2.74. The van der Waals surface area contributed by atoms with Gasteiger partial charge in [0, 0.05) is 32.2 Å². The van der Waals surface area contributed by atoms with E-state index in [0.29, 0.717) is 5.69 Å². The number of hydrogen-bond acceptors (Lipinski definition) is 4. The van der Waals surface area contributed by atoms with Gasteiger partial charge in [-0.2, -0.15) is 0 Å². The standard InChI is InChI=1S/C14H13N5O2/c1-18-11-4-3-9(7-12(11)19(2)14(18)21)17-13(20)10-8-15-5-6-16-10/h3-8H,1-2H3,(H,17,20). The van der Waals surface area contributed by atoms with Crippen molar-refractivity contribution < 1.29 is 4.79 Å². The number of aromatic nitrogens is 4. The van der Waals surface area contributed by atoms with Crippen molar-refractivity contribution in [3.63, 3.8) is 0 Å². The van der Waals surface area contributed by atoms with Crippen LogP contribution in [0.15, 0.2) is 41.6 Å². The fraction of sp³-hybridized carbons (Fsp3) is 0.143. The van der Waals surface area contributed by atoms with Gasteiger partial charge in [0.1, 0.15) is 5.69 Å². The molecule has 0 spiro atoms. The number of carbonyl (C=O) groups is 1. The Hall–Kier alpha value is -2.96. The van der Waals surface area contributed by atoms with E-state index in [4.69, 9.17) is 0 Å². The van der Waals surface area contributed by atoms with Crippen LogP contribution in [0.3, 0.4) is 0 Å². The Morgan fingerprint density at radius 2 is 1.90 bits per heavy atom. The lowest BCUT2D eigenvalue weighted by molar-refractivity contribution is 0.102. The number of hydrogen-bond donors (Lipinski definition) is 1. The number of anilines is 1. The van der Waals surface area contributed by atoms with Crippen LogP contribution in [0.2, 0.25) is 0 Å². The van der Waals surface area contributed by atoms with E-state index in [2.05, 4.69) is 15.3 Å². The van der Waals surface area contributed by atoms with Gasteiger partial charge in [0.2, 0.25) is 0 Å². The Labute approximate surface area is 119 Å². The largest absolute Gasteiger partial charge is 0.328 e. The molecular weight excluding hydrogens is 270 g/mol. The van der Waals surface area contributed by atoms with Gasteiger partial charge in [-0.1, -0.05) is 0 Å². The van der Waals surface area contributed by atoms with Crippen LogP contribution in [0, 0.1) is 0 Å². The quantitative estimate of drug-likeness (QED) is 0.758. The van der Waals surface area contributed by atoms with Crippen molar-refractivity contribution in [2.24, 2.45) is 14.1 Å². The Kier molecular flexibility index (Phi) is 3.02. The number of nitrogens with one attached hydrogen (secondary N) is 1. The molecule has 0 saturated heterocycles. The number of aryl methyl sites for hydroxylation is 2. The number of fused-ring (bicyclic) bond motifs is 1. The molecule has 0 fully saturated rings. The highest BCUT2D eigenvalue weighted by Crippen LogP contribution is 2.17. The first-order chi connectivity index (χ1) is 10.1. The highest BCUT2D eigenvalue weighted by Gasteiger charge is 2.11. The molecule has 0 aliphatic carbocycles. The van der Waals surface area contributed by atoms with Gasteiger partial charge in [0.25, 0.3) is 5.91 Å². The highest BCUT2D eigenvalue weighted by molar-refractivity contribution is 6.03. The third kappa shape index (κ3) is 2.18. The zero-order valence-corrected chi connectivity index (χ0v) is 11.6. The maximum absolute atomic E-state index is 12.0. The maximum Gasteiger partial charge on any atom is 0.328 e. The van der Waals surface area contributed by atoms with Crippen LogP contribution in [0.5, 0.6) is 0 Å². The smallest absolute Gasteiger partial charge is 0.321 e. The van der Waals surface area contributed by atoms with Crippen molar-refractivity contribution in [1.82, 2.24) is 19.1 Å². The third-order valence-corrected chi connectivity index (χ3v) is 3.33. The van der Waals surface area contributed by atoms with E-state index in [1.165, 1.54) is 23.2 Å². The second kappa shape index (κ2) is 4.86. The van der Waals surface area contributed by atoms with Crippen molar-refractivity contribution in [1.29, 1.82) is 0 Å². The Bertz CT molecular complexity index is 880. The van der Waals surface area contributed by atoms with Crippen molar-refractivity contribution >= 4 is 22.6 Å². The first kappa shape index (κ1) is 13.0. The third-order valence-electron chi connectivity index (χ3n) is 3.33. The monoisotopic (exact) mass is 283 g/mol. The van der Waals surface area contributed by atoms with E-state index in [1.54, 1.807) is 36.9 Å². The van der Waals surface area contributed by atoms with Crippen LogP contribution in [0.1, 0.15) is 10.5 Å². The van der Waals surface area contributed by atoms with Crippen LogP contribution in [-0.4, -0.2) is 25.0 Å². The average Bonchev–Trinajstić information content (AvgIpc) is 2.73. The number of carbonyl (C=O) groups excluding carboxylic acids is 1. The molecule has 2 aromatic heterocycles. The van der Waals surface area contributed by atoms with E-state index in [9.17, 15) is 9.59 Å². The van der Waals surface area contributed by atoms with E-state index >= 15 is 0 Å². The molecule has 106 valence electrons. The minimum Gasteiger partial charge on any atom is -0.321 e. The summed E-state index contributed by atoms with van der Waals surface area (Å²) in [4.78, 5) is 31.7. The number of rotatable bonds is 2. The van der Waals surface area contributed by atoms with Crippen LogP contribution in [0.25, 0.3) is 11.0 Å². The predicted octanol–water partition coefficient (Wildman–Crippen LogP) is 0.919. The Balaban J connectivity index is 1.97. The number of benzene rings is 1. The van der Waals surface area contributed by atoms with Crippen molar-refractivity contribution in [3.8, 4) is 0 Å². The molecule has 7 heteroatoms. The van der Waals surface area contributed by atoms with Crippen molar-refractivity contribution in [2.75, 3.05) is 5.32 Å². The van der Waals surface area contributed by atoms with Gasteiger partial charge in [0.05, 0.1) is 17.2 Å². The molecule has 1 aromatic carbocycles. The number of imidazole rings is 1. The lowest BCUT2D eigenvalue weighted by Crippen LogP contribution is -2.19. The normalized spacial score (nSPS) is 10.8. The summed E-state index contributed by atoms with van der Waals surface area (Å²) < 4.78 is 3.09. The zero-order chi connectivity index (χ0) is 15.0. The fourth-order valence-electron chi connectivity index (χ4n) is 2.20. The van der Waals surface area contributed by atoms with Crippen LogP contribution >= 0.6 is 0 Å². The van der Waals surface area contributed by atoms with Gasteiger partial charge in [-0.3, -0.25) is 18.9 Å². The van der Waals surface area contributed by atoms with Crippen LogP contribution < -0.4 is 11.0 Å². The first-order valence-electron chi connectivity index (χ1n) is 6.31. The molecule has 21 heavy (non-hydrogen) atoms. The molecule has 0 aliphatic rings. The van der Waals surface area contributed by atoms with Crippen LogP contribution in [-0.2, 0) is 14.1 Å². The van der Waals surface area contributed by atoms with Gasteiger partial charge in [-0.05, 0) is 18.2 Å². The second-order valence-electron chi connectivity index (χ2n) is 4.65. The van der Waals surface area contributed by atoms with Gasteiger partial charge >= 0.3 is 5.69 Å². The summed E-state index contributed by atoms with van der Waals surface area (Å²) in [7, 11) is 3.40. The summed E-state index contributed by atoms with van der Waals surface area (Å²) in [5.41, 5.74) is 2.28. The SMILES string of the molecule is Cn1c(=O)n(C)c2cc(NC(=O)c3cnccn3)ccc21. The maximum atomic E-state index is 12.0. The van der Waals surface area contributed by atoms with E-state index in [1.807, 2.05) is 0 Å². The molecule has 3 rings (SSSR count). The molecule has 0 saturated carbocycles. The lowest BCUT2D eigenvalue weighted by atomic mass is 10.2. The minimum atomic E-state index is -0.344. The fourth-order valence-corrected chi connectivity index (χ4v) is 2.20. The number of amides is 1. The Morgan fingerprint density at radius 1 is 1.14 bits per heavy atom. The highest BCUT2D eigenvalue weighted by atomic mass is 16.2. The molecule has 0 bridgehead atoms. The molecule has 0 atom stereocenters. The molecule has 1 amide bonds. The molecule has 7 nitrogen and oxygen atoms in total. The second-order valence-corrected chi connectivity index (χ2v) is 4.65. The summed E-state index contributed by atoms with van der Waals surface area (Å²) >= 11 is 0. The van der Waals surface area contributed by atoms with Gasteiger partial charge < -0.3 is 5.32 Å². The molecule has 3 aromatic rings. The summed E-state index contributed by atoms with van der Waals surface area (Å²) in [6.45, 7) is 0. The molecule has 2 heterocycles. The minimum absolute atomic E-state index is 0.109. The molecule has 0 radical (unpaired) electrons. The first-order valence-corrected chi connectivity index (χ1v) is 6.31. The number of nitrogens with zero attached hydrogens (tertiary/aromatic N) is 4. The van der Waals surface area contributed by atoms with Gasteiger partial charge in [-0.15, -0.1) is 0 Å². The Morgan fingerprint density at radius 3 is 2.62 bits per heavy atom. The molecular formula is C14H13N5O2. The summed E-state index contributed by atoms with van der Waals surface area (Å²) in [6.07, 6.45) is 4.35. The lowest BCUT2D eigenvalue weighted by Gasteiger charge is -2.05. The molecule has 0 aliphatic heterocycles. The molecule has 0 unspecified atom stereocenters. The summed E-state index contributed by atoms with van der Waals surface area (Å²) in [6, 6.07) is 5.30. The zero-order valence-electron chi connectivity index (χ0n) is 11.6. The van der Waals surface area contributed by atoms with E-state index in [-0.39, 0.29) is 17.3 Å².